The van der Waals surface area contributed by atoms with Gasteiger partial charge in [-0.3, -0.25) is 0 Å². The molecule has 2 N–H and O–H groups in total. The van der Waals surface area contributed by atoms with Crippen molar-refractivity contribution in [1.82, 2.24) is 0 Å². The predicted octanol–water partition coefficient (Wildman–Crippen LogP) is 1.54. The van der Waals surface area contributed by atoms with Gasteiger partial charge in [0.15, 0.2) is 23.0 Å². The summed E-state index contributed by atoms with van der Waals surface area (Å²) in [6.07, 6.45) is 0. The predicted molar refractivity (Wildman–Crippen MR) is 56.1 cm³/mol. The zero-order valence-electron chi connectivity index (χ0n) is 9.20. The summed E-state index contributed by atoms with van der Waals surface area (Å²) in [5.74, 6) is 0.524. The molecule has 6 heteroatoms. The van der Waals surface area contributed by atoms with Crippen LogP contribution in [0.25, 0.3) is 0 Å². The molecule has 1 aromatic carbocycles. The molecule has 84 valence electrons. The topological polar surface area (TPSA) is 68.2 Å². The average Bonchev–Trinajstić information content (AvgIpc) is 2.71. The van der Waals surface area contributed by atoms with E-state index in [1.807, 2.05) is 20.8 Å². The average molecular weight is 222 g/mol. The van der Waals surface area contributed by atoms with E-state index in [9.17, 15) is 10.2 Å². The van der Waals surface area contributed by atoms with Crippen LogP contribution in [0.1, 0.15) is 26.3 Å². The van der Waals surface area contributed by atoms with Gasteiger partial charge in [-0.2, -0.15) is 0 Å². The normalized spacial score (nSPS) is 15.8. The Kier molecular flexibility index (Phi) is 1.49. The number of phenolic OH excluding ortho intramolecular Hbond substituents is 2. The third-order valence-corrected chi connectivity index (χ3v) is 2.71. The molecule has 3 rings (SSSR count). The largest absolute Gasteiger partial charge is 0.864 e. The molecule has 0 radical (unpaired) electrons. The maximum Gasteiger partial charge on any atom is 0.864 e. The summed E-state index contributed by atoms with van der Waals surface area (Å²) in [7, 11) is -0.826. The Bertz CT molecular complexity index is 491. The van der Waals surface area contributed by atoms with Crippen LogP contribution < -0.4 is 14.0 Å². The highest BCUT2D eigenvalue weighted by molar-refractivity contribution is 6.43. The van der Waals surface area contributed by atoms with Crippen molar-refractivity contribution in [2.24, 2.45) is 0 Å². The maximum absolute atomic E-state index is 9.94. The minimum absolute atomic E-state index is 0.164. The van der Waals surface area contributed by atoms with Gasteiger partial charge in [0.25, 0.3) is 0 Å². The standard InChI is InChI=1S/C10H11BO5/c1-10(2,3)4-5(12)6(13)8-9-7(4)14-11(15-8)16-9/h12-13H,1-3H3. The van der Waals surface area contributed by atoms with Gasteiger partial charge in [-0.25, -0.2) is 0 Å². The second-order valence-corrected chi connectivity index (χ2v) is 4.95. The van der Waals surface area contributed by atoms with Crippen molar-refractivity contribution in [2.75, 3.05) is 0 Å². The second kappa shape index (κ2) is 2.51. The van der Waals surface area contributed by atoms with Crippen LogP contribution in [0.5, 0.6) is 28.7 Å². The molecule has 2 aliphatic rings. The van der Waals surface area contributed by atoms with Crippen molar-refractivity contribution in [2.45, 2.75) is 26.2 Å². The van der Waals surface area contributed by atoms with Crippen molar-refractivity contribution in [3.05, 3.63) is 5.56 Å². The third kappa shape index (κ3) is 0.964. The number of benzene rings is 1. The molecule has 2 heterocycles. The molecule has 16 heavy (non-hydrogen) atoms. The van der Waals surface area contributed by atoms with Crippen molar-refractivity contribution in [3.8, 4) is 28.7 Å². The summed E-state index contributed by atoms with van der Waals surface area (Å²) in [5, 5.41) is 19.7. The first-order chi connectivity index (χ1) is 7.39. The lowest BCUT2D eigenvalue weighted by Crippen LogP contribution is -2.30. The van der Waals surface area contributed by atoms with Crippen molar-refractivity contribution in [1.29, 1.82) is 0 Å². The van der Waals surface area contributed by atoms with E-state index in [1.165, 1.54) is 0 Å². The van der Waals surface area contributed by atoms with Gasteiger partial charge in [-0.15, -0.1) is 0 Å². The van der Waals surface area contributed by atoms with E-state index in [0.29, 0.717) is 17.1 Å². The first-order valence-corrected chi connectivity index (χ1v) is 5.02. The molecule has 0 saturated carbocycles. The monoisotopic (exact) mass is 222 g/mol. The van der Waals surface area contributed by atoms with E-state index >= 15 is 0 Å². The lowest BCUT2D eigenvalue weighted by Gasteiger charge is -2.25. The Morgan fingerprint density at radius 3 is 2.00 bits per heavy atom. The van der Waals surface area contributed by atoms with Gasteiger partial charge in [0.05, 0.1) is 0 Å². The van der Waals surface area contributed by atoms with E-state index in [4.69, 9.17) is 14.0 Å². The van der Waals surface area contributed by atoms with Crippen LogP contribution in [0.15, 0.2) is 0 Å². The Balaban J connectivity index is 2.36. The number of fused-ring (bicyclic) bond motifs is 1. The number of rotatable bonds is 0. The van der Waals surface area contributed by atoms with E-state index < -0.39 is 7.32 Å². The lowest BCUT2D eigenvalue weighted by atomic mass is 9.84. The van der Waals surface area contributed by atoms with Gasteiger partial charge in [0.2, 0.25) is 5.75 Å². The zero-order chi connectivity index (χ0) is 11.7. The molecule has 2 bridgehead atoms. The minimum atomic E-state index is -0.826. The number of hydrogen-bond donors (Lipinski definition) is 2. The van der Waals surface area contributed by atoms with Crippen molar-refractivity contribution < 1.29 is 24.2 Å². The molecule has 1 aromatic rings. The molecule has 0 aliphatic carbocycles. The second-order valence-electron chi connectivity index (χ2n) is 4.95. The Morgan fingerprint density at radius 2 is 1.44 bits per heavy atom. The van der Waals surface area contributed by atoms with Crippen LogP contribution in [0.3, 0.4) is 0 Å². The van der Waals surface area contributed by atoms with Gasteiger partial charge in [-0.05, 0) is 5.41 Å². The van der Waals surface area contributed by atoms with Crippen molar-refractivity contribution >= 4 is 7.32 Å². The van der Waals surface area contributed by atoms with E-state index in [2.05, 4.69) is 0 Å². The van der Waals surface area contributed by atoms with E-state index in [1.54, 1.807) is 0 Å². The van der Waals surface area contributed by atoms with Crippen LogP contribution in [0, 0.1) is 0 Å². The third-order valence-electron chi connectivity index (χ3n) is 2.71. The Labute approximate surface area is 92.7 Å². The molecule has 0 amide bonds. The SMILES string of the molecule is CC(C)(C)c1c(O)c(O)c2c3c1OB(O2)O3. The molecular weight excluding hydrogens is 211 g/mol. The Morgan fingerprint density at radius 1 is 0.875 bits per heavy atom. The molecule has 2 aliphatic heterocycles. The first-order valence-electron chi connectivity index (χ1n) is 5.02. The summed E-state index contributed by atoms with van der Waals surface area (Å²) in [5.41, 5.74) is 0.175. The molecule has 0 atom stereocenters. The van der Waals surface area contributed by atoms with Crippen LogP contribution >= 0.6 is 0 Å². The molecular formula is C10H11BO5. The zero-order valence-corrected chi connectivity index (χ0v) is 9.20. The Hall–Kier alpha value is -1.72. The fraction of sp³-hybridized carbons (Fsp3) is 0.400. The molecule has 0 spiro atoms. The highest BCUT2D eigenvalue weighted by atomic mass is 16.8. The van der Waals surface area contributed by atoms with Crippen LogP contribution in [0.4, 0.5) is 0 Å². The number of phenols is 2. The summed E-state index contributed by atoms with van der Waals surface area (Å²) in [4.78, 5) is 0. The van der Waals surface area contributed by atoms with Crippen LogP contribution in [-0.4, -0.2) is 17.5 Å². The van der Waals surface area contributed by atoms with Crippen LogP contribution in [0.2, 0.25) is 0 Å². The van der Waals surface area contributed by atoms with Crippen molar-refractivity contribution in [3.63, 3.8) is 0 Å². The molecule has 0 saturated heterocycles. The molecule has 0 fully saturated rings. The van der Waals surface area contributed by atoms with Gasteiger partial charge in [0, 0.05) is 5.56 Å². The van der Waals surface area contributed by atoms with Crippen LogP contribution in [-0.2, 0) is 5.41 Å². The summed E-state index contributed by atoms with van der Waals surface area (Å²) < 4.78 is 15.7. The molecule has 0 aromatic heterocycles. The smallest absolute Gasteiger partial charge is 0.504 e. The first kappa shape index (κ1) is 9.51. The van der Waals surface area contributed by atoms with E-state index in [-0.39, 0.29) is 22.7 Å². The van der Waals surface area contributed by atoms with Gasteiger partial charge < -0.3 is 24.2 Å². The molecule has 0 unspecified atom stereocenters. The summed E-state index contributed by atoms with van der Waals surface area (Å²) in [6.45, 7) is 5.75. The highest BCUT2D eigenvalue weighted by Crippen LogP contribution is 2.60. The summed E-state index contributed by atoms with van der Waals surface area (Å²) in [6, 6.07) is 0. The summed E-state index contributed by atoms with van der Waals surface area (Å²) >= 11 is 0. The fourth-order valence-electron chi connectivity index (χ4n) is 2.04. The van der Waals surface area contributed by atoms with Gasteiger partial charge in [0.1, 0.15) is 0 Å². The maximum atomic E-state index is 9.94. The number of hydrogen-bond acceptors (Lipinski definition) is 5. The highest BCUT2D eigenvalue weighted by Gasteiger charge is 2.52. The lowest BCUT2D eigenvalue weighted by molar-refractivity contribution is 0.336. The quantitative estimate of drug-likeness (QED) is 0.514. The van der Waals surface area contributed by atoms with E-state index in [0.717, 1.165) is 0 Å². The van der Waals surface area contributed by atoms with Gasteiger partial charge in [-0.1, -0.05) is 20.8 Å². The fourth-order valence-corrected chi connectivity index (χ4v) is 2.04. The molecule has 5 nitrogen and oxygen atoms in total. The minimum Gasteiger partial charge on any atom is -0.504 e. The van der Waals surface area contributed by atoms with Gasteiger partial charge >= 0.3 is 7.32 Å². The number of aromatic hydroxyl groups is 2.